The summed E-state index contributed by atoms with van der Waals surface area (Å²) in [6.45, 7) is 4.22. The fourth-order valence-electron chi connectivity index (χ4n) is 2.69. The molecule has 17 heavy (non-hydrogen) atoms. The first-order chi connectivity index (χ1) is 8.31. The molecule has 2 atom stereocenters. The number of hydrogen-bond donors (Lipinski definition) is 1. The number of likely N-dealkylation sites (N-methyl/N-ethyl adjacent to an activating group) is 1. The molecule has 1 N–H and O–H groups in total. The maximum atomic E-state index is 10.1. The maximum Gasteiger partial charge on any atom is 0.0937 e. The molecular weight excluding hydrogens is 232 g/mol. The fourth-order valence-corrected chi connectivity index (χ4v) is 3.30. The van der Waals surface area contributed by atoms with Crippen molar-refractivity contribution in [3.05, 3.63) is 16.6 Å². The second-order valence-electron chi connectivity index (χ2n) is 4.72. The summed E-state index contributed by atoms with van der Waals surface area (Å²) < 4.78 is 0. The van der Waals surface area contributed by atoms with Crippen LogP contribution in [-0.4, -0.2) is 40.2 Å². The molecule has 0 aliphatic heterocycles. The van der Waals surface area contributed by atoms with Crippen LogP contribution in [0.2, 0.25) is 0 Å². The minimum atomic E-state index is -0.125. The fraction of sp³-hybridized carbons (Fsp3) is 0.769. The van der Waals surface area contributed by atoms with E-state index in [0.29, 0.717) is 6.04 Å². The lowest BCUT2D eigenvalue weighted by atomic mass is 9.91. The van der Waals surface area contributed by atoms with Gasteiger partial charge in [0.2, 0.25) is 0 Å². The zero-order chi connectivity index (χ0) is 12.1. The molecule has 0 bridgehead atoms. The Morgan fingerprint density at radius 3 is 2.94 bits per heavy atom. The van der Waals surface area contributed by atoms with Gasteiger partial charge in [-0.1, -0.05) is 19.8 Å². The zero-order valence-electron chi connectivity index (χ0n) is 10.5. The number of aromatic nitrogens is 1. The third-order valence-corrected chi connectivity index (χ3v) is 4.50. The van der Waals surface area contributed by atoms with Crippen molar-refractivity contribution in [3.8, 4) is 0 Å². The number of nitrogens with zero attached hydrogens (tertiary/aromatic N) is 2. The summed E-state index contributed by atoms with van der Waals surface area (Å²) >= 11 is 1.72. The second kappa shape index (κ2) is 6.47. The van der Waals surface area contributed by atoms with E-state index in [0.717, 1.165) is 32.4 Å². The van der Waals surface area contributed by atoms with Crippen molar-refractivity contribution in [2.75, 3.05) is 13.1 Å². The maximum absolute atomic E-state index is 10.1. The monoisotopic (exact) mass is 254 g/mol. The molecule has 0 saturated heterocycles. The summed E-state index contributed by atoms with van der Waals surface area (Å²) in [5, 5.41) is 13.3. The second-order valence-corrected chi connectivity index (χ2v) is 5.70. The highest BCUT2D eigenvalue weighted by atomic mass is 32.1. The Balaban J connectivity index is 1.86. The van der Waals surface area contributed by atoms with E-state index in [4.69, 9.17) is 0 Å². The molecule has 0 amide bonds. The Morgan fingerprint density at radius 1 is 1.47 bits per heavy atom. The topological polar surface area (TPSA) is 36.4 Å². The van der Waals surface area contributed by atoms with Gasteiger partial charge in [-0.05, 0) is 19.4 Å². The molecule has 1 aromatic heterocycles. The van der Waals surface area contributed by atoms with E-state index in [1.165, 1.54) is 17.8 Å². The van der Waals surface area contributed by atoms with Crippen molar-refractivity contribution < 1.29 is 5.11 Å². The highest BCUT2D eigenvalue weighted by molar-refractivity contribution is 7.09. The number of thiazole rings is 1. The van der Waals surface area contributed by atoms with Crippen molar-refractivity contribution in [2.24, 2.45) is 0 Å². The zero-order valence-corrected chi connectivity index (χ0v) is 11.3. The van der Waals surface area contributed by atoms with Gasteiger partial charge in [0.1, 0.15) is 0 Å². The molecule has 1 fully saturated rings. The van der Waals surface area contributed by atoms with Crippen LogP contribution in [0.4, 0.5) is 0 Å². The van der Waals surface area contributed by atoms with Gasteiger partial charge < -0.3 is 5.11 Å². The third kappa shape index (κ3) is 3.50. The smallest absolute Gasteiger partial charge is 0.0937 e. The van der Waals surface area contributed by atoms with Crippen molar-refractivity contribution >= 4 is 11.3 Å². The average Bonchev–Trinajstić information content (AvgIpc) is 2.85. The molecular formula is C13H22N2OS. The van der Waals surface area contributed by atoms with Crippen LogP contribution in [0.3, 0.4) is 0 Å². The highest BCUT2D eigenvalue weighted by Gasteiger charge is 2.27. The summed E-state index contributed by atoms with van der Waals surface area (Å²) in [7, 11) is 0. The quantitative estimate of drug-likeness (QED) is 0.876. The molecule has 2 rings (SSSR count). The molecule has 0 spiro atoms. The van der Waals surface area contributed by atoms with E-state index in [1.54, 1.807) is 11.3 Å². The van der Waals surface area contributed by atoms with Gasteiger partial charge in [0, 0.05) is 30.6 Å². The van der Waals surface area contributed by atoms with Gasteiger partial charge in [-0.15, -0.1) is 11.3 Å². The first-order valence-electron chi connectivity index (χ1n) is 6.61. The van der Waals surface area contributed by atoms with E-state index in [-0.39, 0.29) is 6.10 Å². The average molecular weight is 254 g/mol. The standard InChI is InChI=1S/C13H22N2OS/c1-2-15(9-7-13-14-8-10-17-13)11-5-3-4-6-12(11)16/h8,10-12,16H,2-7,9H2,1H3. The number of aliphatic hydroxyl groups excluding tert-OH is 1. The van der Waals surface area contributed by atoms with E-state index in [1.807, 2.05) is 11.6 Å². The van der Waals surface area contributed by atoms with E-state index >= 15 is 0 Å². The van der Waals surface area contributed by atoms with Crippen LogP contribution in [0.1, 0.15) is 37.6 Å². The molecule has 1 aliphatic carbocycles. The Bertz CT molecular complexity index is 315. The van der Waals surface area contributed by atoms with Gasteiger partial charge in [0.25, 0.3) is 0 Å². The summed E-state index contributed by atoms with van der Waals surface area (Å²) in [5.74, 6) is 0. The lowest BCUT2D eigenvalue weighted by Crippen LogP contribution is -2.46. The normalized spacial score (nSPS) is 25.4. The molecule has 3 nitrogen and oxygen atoms in total. The molecule has 1 saturated carbocycles. The van der Waals surface area contributed by atoms with E-state index in [9.17, 15) is 5.11 Å². The van der Waals surface area contributed by atoms with Gasteiger partial charge in [0.05, 0.1) is 11.1 Å². The highest BCUT2D eigenvalue weighted by Crippen LogP contribution is 2.23. The number of aliphatic hydroxyl groups is 1. The largest absolute Gasteiger partial charge is 0.391 e. The van der Waals surface area contributed by atoms with Crippen LogP contribution >= 0.6 is 11.3 Å². The number of rotatable bonds is 5. The molecule has 0 radical (unpaired) electrons. The third-order valence-electron chi connectivity index (χ3n) is 3.67. The molecule has 96 valence electrons. The van der Waals surface area contributed by atoms with Crippen LogP contribution in [-0.2, 0) is 6.42 Å². The van der Waals surface area contributed by atoms with Crippen molar-refractivity contribution in [1.29, 1.82) is 0 Å². The van der Waals surface area contributed by atoms with Crippen LogP contribution in [0.15, 0.2) is 11.6 Å². The van der Waals surface area contributed by atoms with Crippen LogP contribution in [0.5, 0.6) is 0 Å². The summed E-state index contributed by atoms with van der Waals surface area (Å²) in [4.78, 5) is 6.74. The molecule has 0 aromatic carbocycles. The lowest BCUT2D eigenvalue weighted by Gasteiger charge is -2.37. The van der Waals surface area contributed by atoms with Gasteiger partial charge in [-0.25, -0.2) is 4.98 Å². The molecule has 1 aliphatic rings. The van der Waals surface area contributed by atoms with Gasteiger partial charge in [0.15, 0.2) is 0 Å². The van der Waals surface area contributed by atoms with E-state index in [2.05, 4.69) is 16.8 Å². The predicted molar refractivity (Wildman–Crippen MR) is 71.3 cm³/mol. The first-order valence-corrected chi connectivity index (χ1v) is 7.49. The molecule has 1 heterocycles. The van der Waals surface area contributed by atoms with Gasteiger partial charge in [-0.2, -0.15) is 0 Å². The van der Waals surface area contributed by atoms with Crippen molar-refractivity contribution in [3.63, 3.8) is 0 Å². The Morgan fingerprint density at radius 2 is 2.29 bits per heavy atom. The Kier molecular flexibility index (Phi) is 4.95. The molecule has 2 unspecified atom stereocenters. The summed E-state index contributed by atoms with van der Waals surface area (Å²) in [6.07, 6.45) is 7.31. The first kappa shape index (κ1) is 13.0. The number of hydrogen-bond acceptors (Lipinski definition) is 4. The Labute approximate surface area is 107 Å². The minimum absolute atomic E-state index is 0.125. The molecule has 1 aromatic rings. The lowest BCUT2D eigenvalue weighted by molar-refractivity contribution is 0.0226. The minimum Gasteiger partial charge on any atom is -0.391 e. The molecule has 4 heteroatoms. The van der Waals surface area contributed by atoms with Crippen LogP contribution < -0.4 is 0 Å². The van der Waals surface area contributed by atoms with Gasteiger partial charge in [-0.3, -0.25) is 4.90 Å². The SMILES string of the molecule is CCN(CCc1nccs1)C1CCCCC1O. The predicted octanol–water partition coefficient (Wildman–Crippen LogP) is 2.31. The van der Waals surface area contributed by atoms with Crippen molar-refractivity contribution in [1.82, 2.24) is 9.88 Å². The van der Waals surface area contributed by atoms with Crippen LogP contribution in [0.25, 0.3) is 0 Å². The Hall–Kier alpha value is -0.450. The summed E-state index contributed by atoms with van der Waals surface area (Å²) in [6, 6.07) is 0.369. The van der Waals surface area contributed by atoms with E-state index < -0.39 is 0 Å². The van der Waals surface area contributed by atoms with Gasteiger partial charge >= 0.3 is 0 Å². The van der Waals surface area contributed by atoms with Crippen molar-refractivity contribution in [2.45, 2.75) is 51.2 Å². The summed E-state index contributed by atoms with van der Waals surface area (Å²) in [5.41, 5.74) is 0. The van der Waals surface area contributed by atoms with Crippen LogP contribution in [0, 0.1) is 0 Å².